The number of halogens is 3. The fraction of sp³-hybridized carbons (Fsp3) is 0.292. The van der Waals surface area contributed by atoms with E-state index in [0.717, 1.165) is 12.1 Å². The summed E-state index contributed by atoms with van der Waals surface area (Å²) < 4.78 is 44.6. The number of amides is 1. The third kappa shape index (κ3) is 4.44. The van der Waals surface area contributed by atoms with Crippen molar-refractivity contribution in [3.05, 3.63) is 77.9 Å². The van der Waals surface area contributed by atoms with E-state index in [4.69, 9.17) is 4.74 Å². The van der Waals surface area contributed by atoms with Crippen LogP contribution in [0.4, 0.5) is 13.2 Å². The van der Waals surface area contributed by atoms with Gasteiger partial charge in [0.1, 0.15) is 18.2 Å². The molecule has 0 unspecified atom stereocenters. The summed E-state index contributed by atoms with van der Waals surface area (Å²) in [6.07, 6.45) is -1.15. The Kier molecular flexibility index (Phi) is 5.86. The predicted octanol–water partition coefficient (Wildman–Crippen LogP) is 5.22. The van der Waals surface area contributed by atoms with Crippen LogP contribution in [0.15, 0.2) is 60.9 Å². The van der Waals surface area contributed by atoms with Crippen molar-refractivity contribution in [2.75, 3.05) is 6.61 Å². The number of nitrogens with zero attached hydrogens (tertiary/aromatic N) is 3. The maximum Gasteiger partial charge on any atom is 0.416 e. The second kappa shape index (κ2) is 8.61. The number of ether oxygens (including phenoxy) is 1. The zero-order valence-electron chi connectivity index (χ0n) is 17.6. The van der Waals surface area contributed by atoms with Gasteiger partial charge in [-0.25, -0.2) is 9.97 Å². The first kappa shape index (κ1) is 21.8. The van der Waals surface area contributed by atoms with E-state index in [-0.39, 0.29) is 24.4 Å². The molecule has 8 heteroatoms. The molecule has 166 valence electrons. The van der Waals surface area contributed by atoms with Crippen LogP contribution in [0, 0.1) is 5.92 Å². The normalized spacial score (nSPS) is 16.5. The SMILES string of the molecule is CC(C)[C@@H]1COc2ccc(-c3ccc(C(F)(F)F)cc3)cc2C(=O)N1Cc1ncccn1. The summed E-state index contributed by atoms with van der Waals surface area (Å²) in [7, 11) is 0. The lowest BCUT2D eigenvalue weighted by molar-refractivity contribution is -0.137. The summed E-state index contributed by atoms with van der Waals surface area (Å²) in [4.78, 5) is 23.8. The van der Waals surface area contributed by atoms with Crippen LogP contribution in [-0.2, 0) is 12.7 Å². The molecule has 2 aromatic carbocycles. The Balaban J connectivity index is 1.70. The second-order valence-corrected chi connectivity index (χ2v) is 8.01. The highest BCUT2D eigenvalue weighted by Crippen LogP contribution is 2.34. The van der Waals surface area contributed by atoms with Crippen molar-refractivity contribution >= 4 is 5.91 Å². The molecule has 5 nitrogen and oxygen atoms in total. The molecule has 1 aliphatic rings. The maximum absolute atomic E-state index is 13.6. The van der Waals surface area contributed by atoms with Crippen LogP contribution in [0.5, 0.6) is 5.75 Å². The second-order valence-electron chi connectivity index (χ2n) is 8.01. The van der Waals surface area contributed by atoms with Crippen LogP contribution in [0.25, 0.3) is 11.1 Å². The molecule has 0 N–H and O–H groups in total. The molecule has 4 rings (SSSR count). The van der Waals surface area contributed by atoms with E-state index in [2.05, 4.69) is 9.97 Å². The number of fused-ring (bicyclic) bond motifs is 1. The van der Waals surface area contributed by atoms with E-state index in [1.807, 2.05) is 13.8 Å². The number of hydrogen-bond acceptors (Lipinski definition) is 4. The molecule has 1 aromatic heterocycles. The lowest BCUT2D eigenvalue weighted by atomic mass is 9.99. The summed E-state index contributed by atoms with van der Waals surface area (Å²) in [6, 6.07) is 11.5. The molecule has 1 aliphatic heterocycles. The molecule has 1 atom stereocenters. The van der Waals surface area contributed by atoms with E-state index >= 15 is 0 Å². The Morgan fingerprint density at radius 2 is 1.72 bits per heavy atom. The molecule has 0 saturated carbocycles. The Labute approximate surface area is 183 Å². The summed E-state index contributed by atoms with van der Waals surface area (Å²) in [5, 5.41) is 0. The number of carbonyl (C=O) groups is 1. The number of benzene rings is 2. The van der Waals surface area contributed by atoms with Crippen molar-refractivity contribution < 1.29 is 22.7 Å². The van der Waals surface area contributed by atoms with Crippen LogP contribution >= 0.6 is 0 Å². The minimum Gasteiger partial charge on any atom is -0.491 e. The molecule has 0 spiro atoms. The highest BCUT2D eigenvalue weighted by Gasteiger charge is 2.34. The lowest BCUT2D eigenvalue weighted by Gasteiger charge is -2.31. The summed E-state index contributed by atoms with van der Waals surface area (Å²) >= 11 is 0. The molecule has 0 saturated heterocycles. The number of rotatable bonds is 4. The van der Waals surface area contributed by atoms with E-state index in [1.165, 1.54) is 12.1 Å². The van der Waals surface area contributed by atoms with Gasteiger partial charge in [-0.05, 0) is 47.4 Å². The van der Waals surface area contributed by atoms with Gasteiger partial charge >= 0.3 is 6.18 Å². The molecular weight excluding hydrogens is 419 g/mol. The standard InChI is InChI=1S/C24H22F3N3O2/c1-15(2)20-14-32-21-9-6-17(16-4-7-18(8-5-16)24(25,26)27)12-19(21)23(31)30(20)13-22-28-10-3-11-29-22/h3-12,15,20H,13-14H2,1-2H3/t20-/m0/s1. The van der Waals surface area contributed by atoms with Gasteiger partial charge < -0.3 is 9.64 Å². The number of aromatic nitrogens is 2. The van der Waals surface area contributed by atoms with E-state index in [0.29, 0.717) is 34.9 Å². The van der Waals surface area contributed by atoms with Gasteiger partial charge in [-0.1, -0.05) is 32.0 Å². The first-order chi connectivity index (χ1) is 15.2. The molecule has 3 aromatic rings. The molecule has 0 radical (unpaired) electrons. The number of hydrogen-bond donors (Lipinski definition) is 0. The summed E-state index contributed by atoms with van der Waals surface area (Å²) in [6.45, 7) is 4.59. The van der Waals surface area contributed by atoms with Gasteiger partial charge in [0.15, 0.2) is 0 Å². The van der Waals surface area contributed by atoms with Crippen molar-refractivity contribution in [2.45, 2.75) is 32.6 Å². The van der Waals surface area contributed by atoms with E-state index in [1.54, 1.807) is 41.6 Å². The topological polar surface area (TPSA) is 55.3 Å². The van der Waals surface area contributed by atoms with Crippen molar-refractivity contribution in [3.8, 4) is 16.9 Å². The molecular formula is C24H22F3N3O2. The van der Waals surface area contributed by atoms with E-state index < -0.39 is 11.7 Å². The van der Waals surface area contributed by atoms with Gasteiger partial charge in [-0.15, -0.1) is 0 Å². The van der Waals surface area contributed by atoms with Gasteiger partial charge in [-0.2, -0.15) is 13.2 Å². The molecule has 0 aliphatic carbocycles. The Bertz CT molecular complexity index is 1100. The van der Waals surface area contributed by atoms with Crippen LogP contribution in [-0.4, -0.2) is 33.4 Å². The van der Waals surface area contributed by atoms with Gasteiger partial charge in [0.25, 0.3) is 5.91 Å². The monoisotopic (exact) mass is 441 g/mol. The number of alkyl halides is 3. The number of carbonyl (C=O) groups excluding carboxylic acids is 1. The Morgan fingerprint density at radius 3 is 2.34 bits per heavy atom. The fourth-order valence-electron chi connectivity index (χ4n) is 3.73. The highest BCUT2D eigenvalue weighted by molar-refractivity contribution is 5.98. The Morgan fingerprint density at radius 1 is 1.06 bits per heavy atom. The van der Waals surface area contributed by atoms with Crippen LogP contribution < -0.4 is 4.74 Å². The highest BCUT2D eigenvalue weighted by atomic mass is 19.4. The van der Waals surface area contributed by atoms with Crippen LogP contribution in [0.2, 0.25) is 0 Å². The first-order valence-corrected chi connectivity index (χ1v) is 10.3. The molecule has 0 bridgehead atoms. The summed E-state index contributed by atoms with van der Waals surface area (Å²) in [5.74, 6) is 0.880. The summed E-state index contributed by atoms with van der Waals surface area (Å²) in [5.41, 5.74) is 0.857. The fourth-order valence-corrected chi connectivity index (χ4v) is 3.73. The van der Waals surface area contributed by atoms with Crippen LogP contribution in [0.3, 0.4) is 0 Å². The van der Waals surface area contributed by atoms with Gasteiger partial charge in [-0.3, -0.25) is 4.79 Å². The third-order valence-corrected chi connectivity index (χ3v) is 5.53. The molecule has 0 fully saturated rings. The Hall–Kier alpha value is -3.42. The lowest BCUT2D eigenvalue weighted by Crippen LogP contribution is -2.44. The first-order valence-electron chi connectivity index (χ1n) is 10.3. The zero-order chi connectivity index (χ0) is 22.9. The molecule has 1 amide bonds. The van der Waals surface area contributed by atoms with Crippen LogP contribution in [0.1, 0.15) is 35.6 Å². The van der Waals surface area contributed by atoms with Gasteiger partial charge in [0.05, 0.1) is 23.7 Å². The van der Waals surface area contributed by atoms with Gasteiger partial charge in [0, 0.05) is 12.4 Å². The molecule has 2 heterocycles. The third-order valence-electron chi connectivity index (χ3n) is 5.53. The van der Waals surface area contributed by atoms with Gasteiger partial charge in [0.2, 0.25) is 0 Å². The van der Waals surface area contributed by atoms with E-state index in [9.17, 15) is 18.0 Å². The maximum atomic E-state index is 13.6. The average Bonchev–Trinajstić information content (AvgIpc) is 2.91. The van der Waals surface area contributed by atoms with Crippen molar-refractivity contribution in [1.82, 2.24) is 14.9 Å². The minimum atomic E-state index is -4.40. The van der Waals surface area contributed by atoms with Crippen molar-refractivity contribution in [2.24, 2.45) is 5.92 Å². The largest absolute Gasteiger partial charge is 0.491 e. The van der Waals surface area contributed by atoms with Crippen molar-refractivity contribution in [1.29, 1.82) is 0 Å². The minimum absolute atomic E-state index is 0.131. The van der Waals surface area contributed by atoms with Crippen molar-refractivity contribution in [3.63, 3.8) is 0 Å². The average molecular weight is 441 g/mol. The zero-order valence-corrected chi connectivity index (χ0v) is 17.6. The quantitative estimate of drug-likeness (QED) is 0.557. The predicted molar refractivity (Wildman–Crippen MR) is 113 cm³/mol. The smallest absolute Gasteiger partial charge is 0.416 e. The molecule has 32 heavy (non-hydrogen) atoms.